The SMILES string of the molecule is O=[N+]([O-])C(=C(\Cl)Sc1ccc(Cl)cc1)/C(Cl)=C(/Cl)Sc1ccc(Cl)cc1. The van der Waals surface area contributed by atoms with Crippen molar-refractivity contribution < 1.29 is 4.92 Å². The molecule has 10 heteroatoms. The predicted molar refractivity (Wildman–Crippen MR) is 113 cm³/mol. The Labute approximate surface area is 183 Å². The van der Waals surface area contributed by atoms with Crippen molar-refractivity contribution in [1.82, 2.24) is 0 Å². The summed E-state index contributed by atoms with van der Waals surface area (Å²) < 4.78 is -0.0901. The van der Waals surface area contributed by atoms with Crippen molar-refractivity contribution in [3.63, 3.8) is 0 Å². The lowest BCUT2D eigenvalue weighted by Crippen LogP contribution is -2.01. The van der Waals surface area contributed by atoms with Crippen LogP contribution in [-0.4, -0.2) is 4.92 Å². The van der Waals surface area contributed by atoms with Crippen molar-refractivity contribution in [2.45, 2.75) is 9.79 Å². The van der Waals surface area contributed by atoms with E-state index in [1.165, 1.54) is 0 Å². The van der Waals surface area contributed by atoms with Gasteiger partial charge in [0.1, 0.15) is 9.40 Å². The third-order valence-corrected chi connectivity index (χ3v) is 6.47. The molecule has 0 fully saturated rings. The van der Waals surface area contributed by atoms with Crippen LogP contribution in [0.3, 0.4) is 0 Å². The molecule has 0 amide bonds. The van der Waals surface area contributed by atoms with Crippen molar-refractivity contribution in [2.75, 3.05) is 0 Å². The minimum atomic E-state index is -0.668. The Morgan fingerprint density at radius 3 is 1.54 bits per heavy atom. The molecular weight excluding hydrogens is 480 g/mol. The summed E-state index contributed by atoms with van der Waals surface area (Å²) in [5.41, 5.74) is -0.472. The van der Waals surface area contributed by atoms with Gasteiger partial charge in [0.05, 0.1) is 4.92 Å². The Kier molecular flexibility index (Phi) is 8.48. The molecule has 0 aliphatic heterocycles. The van der Waals surface area contributed by atoms with Crippen LogP contribution in [0.1, 0.15) is 0 Å². The zero-order valence-corrected chi connectivity index (χ0v) is 18.0. The van der Waals surface area contributed by atoms with Gasteiger partial charge in [0.25, 0.3) is 0 Å². The Hall–Kier alpha value is -0.530. The highest BCUT2D eigenvalue weighted by Gasteiger charge is 2.26. The summed E-state index contributed by atoms with van der Waals surface area (Å²) in [5.74, 6) is 0. The average molecular weight is 488 g/mol. The van der Waals surface area contributed by atoms with Crippen LogP contribution in [0.25, 0.3) is 0 Å². The van der Waals surface area contributed by atoms with Crippen LogP contribution in [0.15, 0.2) is 77.8 Å². The summed E-state index contributed by atoms with van der Waals surface area (Å²) in [6.45, 7) is 0. The third-order valence-electron chi connectivity index (χ3n) is 2.79. The van der Waals surface area contributed by atoms with Gasteiger partial charge >= 0.3 is 5.70 Å². The van der Waals surface area contributed by atoms with E-state index >= 15 is 0 Å². The van der Waals surface area contributed by atoms with Gasteiger partial charge in [-0.1, -0.05) is 81.5 Å². The Morgan fingerprint density at radius 1 is 0.769 bits per heavy atom. The van der Waals surface area contributed by atoms with Gasteiger partial charge in [0, 0.05) is 19.8 Å². The van der Waals surface area contributed by atoms with Gasteiger partial charge < -0.3 is 0 Å². The fourth-order valence-electron chi connectivity index (χ4n) is 1.64. The van der Waals surface area contributed by atoms with Gasteiger partial charge in [-0.3, -0.25) is 10.1 Å². The first-order valence-electron chi connectivity index (χ1n) is 6.74. The second-order valence-electron chi connectivity index (χ2n) is 4.58. The molecule has 0 spiro atoms. The summed E-state index contributed by atoms with van der Waals surface area (Å²) in [5, 5.41) is 12.3. The maximum Gasteiger partial charge on any atom is 0.315 e. The second kappa shape index (κ2) is 10.1. The topological polar surface area (TPSA) is 43.1 Å². The van der Waals surface area contributed by atoms with Gasteiger partial charge in [-0.15, -0.1) is 0 Å². The third kappa shape index (κ3) is 6.27. The zero-order valence-electron chi connectivity index (χ0n) is 12.6. The quantitative estimate of drug-likeness (QED) is 0.178. The van der Waals surface area contributed by atoms with Crippen molar-refractivity contribution >= 4 is 81.5 Å². The van der Waals surface area contributed by atoms with Crippen LogP contribution in [0, 0.1) is 10.1 Å². The number of allylic oxidation sites excluding steroid dienone is 1. The maximum absolute atomic E-state index is 11.5. The molecule has 0 radical (unpaired) electrons. The number of nitrogens with zero attached hydrogens (tertiary/aromatic N) is 1. The molecule has 2 rings (SSSR count). The minimum Gasteiger partial charge on any atom is -0.258 e. The first-order valence-corrected chi connectivity index (χ1v) is 10.3. The summed E-state index contributed by atoms with van der Waals surface area (Å²) in [6, 6.07) is 13.5. The van der Waals surface area contributed by atoms with Gasteiger partial charge in [0.15, 0.2) is 4.36 Å². The van der Waals surface area contributed by atoms with Crippen molar-refractivity contribution in [2.24, 2.45) is 0 Å². The van der Waals surface area contributed by atoms with E-state index in [0.29, 0.717) is 14.9 Å². The molecule has 0 bridgehead atoms. The lowest BCUT2D eigenvalue weighted by atomic mass is 10.4. The molecular formula is C16H8Cl5NO2S2. The first-order chi connectivity index (χ1) is 12.3. The molecule has 0 aromatic heterocycles. The summed E-state index contributed by atoms with van der Waals surface area (Å²) in [7, 11) is 0. The smallest absolute Gasteiger partial charge is 0.258 e. The standard InChI is InChI=1S/C16H8Cl5NO2S2/c17-9-1-5-11(6-2-9)25-15(20)13(19)14(22(23)24)16(21)26-12-7-3-10(18)4-8-12/h1-8H/b15-13+,16-14+. The van der Waals surface area contributed by atoms with Gasteiger partial charge in [-0.25, -0.2) is 0 Å². The number of hydrogen-bond acceptors (Lipinski definition) is 4. The van der Waals surface area contributed by atoms with Crippen LogP contribution in [0.2, 0.25) is 10.0 Å². The fraction of sp³-hybridized carbons (Fsp3) is 0. The van der Waals surface area contributed by atoms with E-state index in [1.807, 2.05) is 0 Å². The van der Waals surface area contributed by atoms with Crippen molar-refractivity contribution in [3.05, 3.63) is 88.1 Å². The first kappa shape index (κ1) is 21.8. The molecule has 0 heterocycles. The Morgan fingerprint density at radius 2 is 1.15 bits per heavy atom. The summed E-state index contributed by atoms with van der Waals surface area (Å²) in [6.07, 6.45) is 0. The molecule has 0 atom stereocenters. The summed E-state index contributed by atoms with van der Waals surface area (Å²) in [4.78, 5) is 12.2. The number of nitro groups is 1. The van der Waals surface area contributed by atoms with Gasteiger partial charge in [0.2, 0.25) is 0 Å². The molecule has 0 saturated carbocycles. The predicted octanol–water partition coefficient (Wildman–Crippen LogP) is 8.21. The highest BCUT2D eigenvalue weighted by molar-refractivity contribution is 8.05. The molecule has 0 aliphatic carbocycles. The van der Waals surface area contributed by atoms with Crippen LogP contribution in [0.4, 0.5) is 0 Å². The van der Waals surface area contributed by atoms with E-state index in [4.69, 9.17) is 58.0 Å². The molecule has 2 aromatic rings. The van der Waals surface area contributed by atoms with Crippen LogP contribution < -0.4 is 0 Å². The molecule has 26 heavy (non-hydrogen) atoms. The maximum atomic E-state index is 11.5. The molecule has 0 aliphatic rings. The molecule has 2 aromatic carbocycles. The number of benzene rings is 2. The van der Waals surface area contributed by atoms with Crippen LogP contribution in [-0.2, 0) is 0 Å². The number of hydrogen-bond donors (Lipinski definition) is 0. The van der Waals surface area contributed by atoms with E-state index in [2.05, 4.69) is 0 Å². The largest absolute Gasteiger partial charge is 0.315 e. The van der Waals surface area contributed by atoms with E-state index in [1.54, 1.807) is 48.5 Å². The molecule has 3 nitrogen and oxygen atoms in total. The van der Waals surface area contributed by atoms with Crippen LogP contribution >= 0.6 is 81.5 Å². The fourth-order valence-corrected chi connectivity index (χ4v) is 4.48. The lowest BCUT2D eigenvalue weighted by Gasteiger charge is -2.05. The van der Waals surface area contributed by atoms with E-state index in [0.717, 1.165) is 28.4 Å². The van der Waals surface area contributed by atoms with E-state index < -0.39 is 10.6 Å². The number of halogens is 5. The molecule has 0 N–H and O–H groups in total. The van der Waals surface area contributed by atoms with Gasteiger partial charge in [-0.05, 0) is 48.5 Å². The Balaban J connectivity index is 2.31. The monoisotopic (exact) mass is 485 g/mol. The average Bonchev–Trinajstić information content (AvgIpc) is 2.58. The van der Waals surface area contributed by atoms with Crippen molar-refractivity contribution in [1.29, 1.82) is 0 Å². The summed E-state index contributed by atoms with van der Waals surface area (Å²) >= 11 is 32.1. The van der Waals surface area contributed by atoms with Crippen LogP contribution in [0.5, 0.6) is 0 Å². The van der Waals surface area contributed by atoms with E-state index in [9.17, 15) is 10.1 Å². The molecule has 0 saturated heterocycles. The number of thioether (sulfide) groups is 2. The molecule has 0 unspecified atom stereocenters. The highest BCUT2D eigenvalue weighted by Crippen LogP contribution is 2.41. The zero-order chi connectivity index (χ0) is 19.3. The number of rotatable bonds is 6. The molecule has 136 valence electrons. The second-order valence-corrected chi connectivity index (χ2v) is 9.20. The normalized spacial score (nSPS) is 13.1. The van der Waals surface area contributed by atoms with E-state index in [-0.39, 0.29) is 13.8 Å². The minimum absolute atomic E-state index is 0.0237. The highest BCUT2D eigenvalue weighted by atomic mass is 35.5. The van der Waals surface area contributed by atoms with Gasteiger partial charge in [-0.2, -0.15) is 0 Å². The lowest BCUT2D eigenvalue weighted by molar-refractivity contribution is -0.419. The Bertz CT molecular complexity index is 867. The van der Waals surface area contributed by atoms with Crippen molar-refractivity contribution in [3.8, 4) is 0 Å².